The summed E-state index contributed by atoms with van der Waals surface area (Å²) in [5.41, 5.74) is 0.574. The van der Waals surface area contributed by atoms with Gasteiger partial charge in [-0.15, -0.1) is 0 Å². The summed E-state index contributed by atoms with van der Waals surface area (Å²) >= 11 is 11.6. The van der Waals surface area contributed by atoms with Gasteiger partial charge in [0.25, 0.3) is 10.0 Å². The molecule has 9 heteroatoms. The van der Waals surface area contributed by atoms with Crippen LogP contribution in [0.4, 0.5) is 11.4 Å². The topological polar surface area (TPSA) is 95.5 Å². The molecule has 2 aromatic carbocycles. The molecule has 0 spiro atoms. The molecule has 0 aliphatic heterocycles. The SMILES string of the molecule is O=C(CO)Nc1cccc(NS(=O)(=O)c2cc(Cl)cc(Cl)c2)c1. The summed E-state index contributed by atoms with van der Waals surface area (Å²) in [7, 11) is -3.89. The minimum absolute atomic E-state index is 0.0835. The average molecular weight is 375 g/mol. The minimum Gasteiger partial charge on any atom is -0.387 e. The zero-order valence-electron chi connectivity index (χ0n) is 11.6. The zero-order chi connectivity index (χ0) is 17.0. The fourth-order valence-electron chi connectivity index (χ4n) is 1.76. The fourth-order valence-corrected chi connectivity index (χ4v) is 3.53. The molecule has 0 radical (unpaired) electrons. The molecule has 122 valence electrons. The Morgan fingerprint density at radius 3 is 2.26 bits per heavy atom. The molecule has 0 bridgehead atoms. The predicted molar refractivity (Wildman–Crippen MR) is 89.4 cm³/mol. The number of rotatable bonds is 5. The number of carbonyl (C=O) groups is 1. The highest BCUT2D eigenvalue weighted by Crippen LogP contribution is 2.25. The molecule has 1 amide bonds. The number of anilines is 2. The first-order valence-electron chi connectivity index (χ1n) is 6.30. The van der Waals surface area contributed by atoms with E-state index in [0.29, 0.717) is 5.69 Å². The van der Waals surface area contributed by atoms with E-state index in [4.69, 9.17) is 28.3 Å². The second-order valence-electron chi connectivity index (χ2n) is 4.50. The Hall–Kier alpha value is -1.80. The Labute approximate surface area is 143 Å². The fraction of sp³-hybridized carbons (Fsp3) is 0.0714. The largest absolute Gasteiger partial charge is 0.387 e. The quantitative estimate of drug-likeness (QED) is 0.749. The second-order valence-corrected chi connectivity index (χ2v) is 7.05. The van der Waals surface area contributed by atoms with Crippen molar-refractivity contribution in [2.75, 3.05) is 16.6 Å². The third-order valence-electron chi connectivity index (χ3n) is 2.69. The number of amides is 1. The number of halogens is 2. The van der Waals surface area contributed by atoms with E-state index < -0.39 is 22.5 Å². The summed E-state index contributed by atoms with van der Waals surface area (Å²) in [4.78, 5) is 11.1. The molecule has 0 fully saturated rings. The molecular weight excluding hydrogens is 363 g/mol. The van der Waals surface area contributed by atoms with E-state index in [2.05, 4.69) is 10.0 Å². The van der Waals surface area contributed by atoms with E-state index >= 15 is 0 Å². The van der Waals surface area contributed by atoms with E-state index in [-0.39, 0.29) is 20.6 Å². The van der Waals surface area contributed by atoms with Crippen LogP contribution in [0.3, 0.4) is 0 Å². The van der Waals surface area contributed by atoms with Gasteiger partial charge >= 0.3 is 0 Å². The molecule has 3 N–H and O–H groups in total. The number of hydrogen-bond acceptors (Lipinski definition) is 4. The zero-order valence-corrected chi connectivity index (χ0v) is 13.9. The van der Waals surface area contributed by atoms with Gasteiger partial charge in [-0.05, 0) is 36.4 Å². The summed E-state index contributed by atoms with van der Waals surface area (Å²) in [6, 6.07) is 10.0. The van der Waals surface area contributed by atoms with Crippen LogP contribution < -0.4 is 10.0 Å². The Balaban J connectivity index is 2.27. The minimum atomic E-state index is -3.89. The first-order chi connectivity index (χ1) is 10.8. The monoisotopic (exact) mass is 374 g/mol. The summed E-state index contributed by atoms with van der Waals surface area (Å²) in [5.74, 6) is -0.605. The Bertz CT molecular complexity index is 820. The lowest BCUT2D eigenvalue weighted by Crippen LogP contribution is -2.16. The Morgan fingerprint density at radius 1 is 1.04 bits per heavy atom. The van der Waals surface area contributed by atoms with E-state index in [1.807, 2.05) is 0 Å². The normalized spacial score (nSPS) is 11.1. The van der Waals surface area contributed by atoms with E-state index in [1.165, 1.54) is 30.3 Å². The molecule has 0 aromatic heterocycles. The molecule has 0 atom stereocenters. The van der Waals surface area contributed by atoms with Crippen LogP contribution in [0.5, 0.6) is 0 Å². The summed E-state index contributed by atoms with van der Waals surface area (Å²) in [5, 5.41) is 11.5. The van der Waals surface area contributed by atoms with Gasteiger partial charge in [0.1, 0.15) is 6.61 Å². The highest BCUT2D eigenvalue weighted by Gasteiger charge is 2.16. The van der Waals surface area contributed by atoms with Crippen molar-refractivity contribution in [3.05, 3.63) is 52.5 Å². The summed E-state index contributed by atoms with van der Waals surface area (Å²) in [6.45, 7) is -0.670. The number of hydrogen-bond donors (Lipinski definition) is 3. The molecule has 0 unspecified atom stereocenters. The van der Waals surface area contributed by atoms with Gasteiger partial charge in [0.2, 0.25) is 5.91 Å². The number of nitrogens with one attached hydrogen (secondary N) is 2. The van der Waals surface area contributed by atoms with Crippen molar-refractivity contribution in [2.45, 2.75) is 4.90 Å². The van der Waals surface area contributed by atoms with Crippen LogP contribution in [0.1, 0.15) is 0 Å². The van der Waals surface area contributed by atoms with Gasteiger partial charge in [0, 0.05) is 15.7 Å². The maximum Gasteiger partial charge on any atom is 0.261 e. The maximum absolute atomic E-state index is 12.3. The van der Waals surface area contributed by atoms with Gasteiger partial charge in [-0.1, -0.05) is 29.3 Å². The van der Waals surface area contributed by atoms with Crippen LogP contribution in [0.15, 0.2) is 47.4 Å². The number of aliphatic hydroxyl groups is 1. The van der Waals surface area contributed by atoms with Crippen LogP contribution in [0.25, 0.3) is 0 Å². The molecule has 6 nitrogen and oxygen atoms in total. The maximum atomic E-state index is 12.3. The predicted octanol–water partition coefficient (Wildman–Crippen LogP) is 2.73. The van der Waals surface area contributed by atoms with Crippen LogP contribution in [0, 0.1) is 0 Å². The molecule has 0 aliphatic rings. The van der Waals surface area contributed by atoms with Crippen molar-refractivity contribution in [1.82, 2.24) is 0 Å². The van der Waals surface area contributed by atoms with Gasteiger partial charge in [-0.2, -0.15) is 0 Å². The number of sulfonamides is 1. The molecule has 0 saturated heterocycles. The van der Waals surface area contributed by atoms with Gasteiger partial charge in [0.05, 0.1) is 10.6 Å². The highest BCUT2D eigenvalue weighted by atomic mass is 35.5. The second kappa shape index (κ2) is 7.18. The third-order valence-corrected chi connectivity index (χ3v) is 4.49. The average Bonchev–Trinajstić information content (AvgIpc) is 2.46. The van der Waals surface area contributed by atoms with Gasteiger partial charge in [0.15, 0.2) is 0 Å². The number of aliphatic hydroxyl groups excluding tert-OH is 1. The molecule has 2 rings (SSSR count). The van der Waals surface area contributed by atoms with Crippen molar-refractivity contribution in [1.29, 1.82) is 0 Å². The van der Waals surface area contributed by atoms with Crippen molar-refractivity contribution in [2.24, 2.45) is 0 Å². The van der Waals surface area contributed by atoms with Gasteiger partial charge in [-0.3, -0.25) is 9.52 Å². The molecule has 23 heavy (non-hydrogen) atoms. The lowest BCUT2D eigenvalue weighted by atomic mass is 10.3. The van der Waals surface area contributed by atoms with E-state index in [0.717, 1.165) is 0 Å². The number of carbonyl (C=O) groups excluding carboxylic acids is 1. The first kappa shape index (κ1) is 17.6. The summed E-state index contributed by atoms with van der Waals surface area (Å²) < 4.78 is 27.0. The van der Waals surface area contributed by atoms with Crippen LogP contribution >= 0.6 is 23.2 Å². The van der Waals surface area contributed by atoms with Crippen molar-refractivity contribution < 1.29 is 18.3 Å². The lowest BCUT2D eigenvalue weighted by molar-refractivity contribution is -0.118. The third kappa shape index (κ3) is 4.84. The van der Waals surface area contributed by atoms with Crippen LogP contribution in [-0.2, 0) is 14.8 Å². The van der Waals surface area contributed by atoms with E-state index in [1.54, 1.807) is 12.1 Å². The smallest absolute Gasteiger partial charge is 0.261 e. The first-order valence-corrected chi connectivity index (χ1v) is 8.54. The van der Waals surface area contributed by atoms with Gasteiger partial charge < -0.3 is 10.4 Å². The van der Waals surface area contributed by atoms with Crippen molar-refractivity contribution >= 4 is 50.5 Å². The molecule has 0 saturated carbocycles. The number of benzene rings is 2. The summed E-state index contributed by atoms with van der Waals surface area (Å²) in [6.07, 6.45) is 0. The van der Waals surface area contributed by atoms with Crippen LogP contribution in [0.2, 0.25) is 10.0 Å². The van der Waals surface area contributed by atoms with Gasteiger partial charge in [-0.25, -0.2) is 8.42 Å². The Kier molecular flexibility index (Phi) is 5.48. The Morgan fingerprint density at radius 2 is 1.65 bits per heavy atom. The van der Waals surface area contributed by atoms with Crippen molar-refractivity contribution in [3.63, 3.8) is 0 Å². The molecular formula is C14H12Cl2N2O4S. The molecule has 0 heterocycles. The molecule has 0 aliphatic carbocycles. The van der Waals surface area contributed by atoms with Crippen LogP contribution in [-0.4, -0.2) is 26.0 Å². The lowest BCUT2D eigenvalue weighted by Gasteiger charge is -2.10. The standard InChI is InChI=1S/C14H12Cl2N2O4S/c15-9-4-10(16)6-13(5-9)23(21,22)18-12-3-1-2-11(7-12)17-14(20)8-19/h1-7,18-19H,8H2,(H,17,20). The van der Waals surface area contributed by atoms with Crippen molar-refractivity contribution in [3.8, 4) is 0 Å². The molecule has 2 aromatic rings. The van der Waals surface area contributed by atoms with E-state index in [9.17, 15) is 13.2 Å². The highest BCUT2D eigenvalue weighted by molar-refractivity contribution is 7.92.